The first-order chi connectivity index (χ1) is 9.17. The summed E-state index contributed by atoms with van der Waals surface area (Å²) in [5.41, 5.74) is 1.99. The second-order valence-corrected chi connectivity index (χ2v) is 6.53. The minimum absolute atomic E-state index is 0.707. The number of nitrogens with zero attached hydrogens (tertiary/aromatic N) is 2. The van der Waals surface area contributed by atoms with Crippen molar-refractivity contribution in [3.8, 4) is 10.6 Å². The molecule has 2 heterocycles. The molecule has 0 spiro atoms. The lowest BCUT2D eigenvalue weighted by Crippen LogP contribution is -2.31. The van der Waals surface area contributed by atoms with Gasteiger partial charge in [0.25, 0.3) is 0 Å². The van der Waals surface area contributed by atoms with Gasteiger partial charge in [0.2, 0.25) is 0 Å². The van der Waals surface area contributed by atoms with Crippen molar-refractivity contribution in [1.29, 1.82) is 0 Å². The molecule has 0 aliphatic carbocycles. The fourth-order valence-corrected chi connectivity index (χ4v) is 3.69. The van der Waals surface area contributed by atoms with Crippen molar-refractivity contribution in [1.82, 2.24) is 4.98 Å². The van der Waals surface area contributed by atoms with Crippen LogP contribution in [-0.2, 0) is 6.54 Å². The van der Waals surface area contributed by atoms with E-state index in [9.17, 15) is 0 Å². The first-order valence-electron chi connectivity index (χ1n) is 5.92. The van der Waals surface area contributed by atoms with Gasteiger partial charge in [0, 0.05) is 0 Å². The van der Waals surface area contributed by atoms with Crippen LogP contribution in [0, 0.1) is 0 Å². The van der Waals surface area contributed by atoms with Crippen LogP contribution in [0.25, 0.3) is 20.8 Å². The quantitative estimate of drug-likeness (QED) is 0.610. The van der Waals surface area contributed by atoms with Crippen LogP contribution in [0.15, 0.2) is 41.1 Å². The molecule has 0 amide bonds. The van der Waals surface area contributed by atoms with Crippen molar-refractivity contribution in [2.45, 2.75) is 13.5 Å². The van der Waals surface area contributed by atoms with Crippen molar-refractivity contribution in [3.05, 3.63) is 46.2 Å². The predicted molar refractivity (Wildman–Crippen MR) is 83.6 cm³/mol. The fraction of sp³-hybridized carbons (Fsp3) is 0.143. The van der Waals surface area contributed by atoms with E-state index < -0.39 is 0 Å². The maximum absolute atomic E-state index is 6.18. The van der Waals surface area contributed by atoms with Gasteiger partial charge in [-0.1, -0.05) is 17.7 Å². The standard InChI is InChI=1S/C14H11BrClN2S/c1-2-18-7-9(6-10(15)8-18)14-17-13-11(16)4-3-5-12(13)19-14/h3-8H,2H2,1H3/q+1. The molecule has 0 radical (unpaired) electrons. The summed E-state index contributed by atoms with van der Waals surface area (Å²) in [5.74, 6) is 0. The van der Waals surface area contributed by atoms with Crippen LogP contribution in [0.1, 0.15) is 6.92 Å². The van der Waals surface area contributed by atoms with Crippen molar-refractivity contribution in [2.75, 3.05) is 0 Å². The number of rotatable bonds is 2. The lowest BCUT2D eigenvalue weighted by molar-refractivity contribution is -0.693. The molecule has 0 saturated heterocycles. The number of thiazole rings is 1. The summed E-state index contributed by atoms with van der Waals surface area (Å²) in [6.45, 7) is 3.05. The number of hydrogen-bond donors (Lipinski definition) is 0. The molecule has 0 saturated carbocycles. The van der Waals surface area contributed by atoms with E-state index in [4.69, 9.17) is 11.6 Å². The van der Waals surface area contributed by atoms with Gasteiger partial charge < -0.3 is 0 Å². The van der Waals surface area contributed by atoms with Crippen molar-refractivity contribution >= 4 is 49.1 Å². The Balaban J connectivity index is 2.19. The van der Waals surface area contributed by atoms with Gasteiger partial charge in [-0.25, -0.2) is 9.55 Å². The number of para-hydroxylation sites is 1. The molecule has 5 heteroatoms. The van der Waals surface area contributed by atoms with E-state index in [0.29, 0.717) is 5.02 Å². The first-order valence-corrected chi connectivity index (χ1v) is 7.91. The van der Waals surface area contributed by atoms with E-state index in [2.05, 4.69) is 50.9 Å². The largest absolute Gasteiger partial charge is 0.234 e. The maximum Gasteiger partial charge on any atom is 0.183 e. The molecule has 0 bridgehead atoms. The number of benzene rings is 1. The monoisotopic (exact) mass is 353 g/mol. The fourth-order valence-electron chi connectivity index (χ4n) is 1.94. The SMILES string of the molecule is CC[n+]1cc(Br)cc(-c2nc3c(Cl)cccc3s2)c1. The van der Waals surface area contributed by atoms with Gasteiger partial charge in [0.05, 0.1) is 19.8 Å². The molecule has 3 rings (SSSR count). The number of aryl methyl sites for hydroxylation is 1. The Labute approximate surface area is 128 Å². The summed E-state index contributed by atoms with van der Waals surface area (Å²) < 4.78 is 4.30. The van der Waals surface area contributed by atoms with E-state index in [0.717, 1.165) is 31.8 Å². The minimum atomic E-state index is 0.707. The molecule has 0 aliphatic heterocycles. The van der Waals surface area contributed by atoms with E-state index in [1.54, 1.807) is 11.3 Å². The highest BCUT2D eigenvalue weighted by Gasteiger charge is 2.12. The predicted octanol–water partition coefficient (Wildman–Crippen LogP) is 4.69. The summed E-state index contributed by atoms with van der Waals surface area (Å²) in [4.78, 5) is 4.65. The average Bonchev–Trinajstić information content (AvgIpc) is 2.83. The molecule has 19 heavy (non-hydrogen) atoms. The van der Waals surface area contributed by atoms with Crippen LogP contribution in [0.2, 0.25) is 5.02 Å². The van der Waals surface area contributed by atoms with Gasteiger partial charge in [0.1, 0.15) is 17.1 Å². The summed E-state index contributed by atoms with van der Waals surface area (Å²) in [6.07, 6.45) is 4.17. The summed E-state index contributed by atoms with van der Waals surface area (Å²) >= 11 is 11.4. The second kappa shape index (κ2) is 5.19. The Kier molecular flexibility index (Phi) is 3.56. The lowest BCUT2D eigenvalue weighted by Gasteiger charge is -1.97. The van der Waals surface area contributed by atoms with Crippen LogP contribution in [0.4, 0.5) is 0 Å². The van der Waals surface area contributed by atoms with Crippen molar-refractivity contribution in [3.63, 3.8) is 0 Å². The summed E-state index contributed by atoms with van der Waals surface area (Å²) in [7, 11) is 0. The van der Waals surface area contributed by atoms with Gasteiger partial charge in [-0.3, -0.25) is 0 Å². The Morgan fingerprint density at radius 3 is 2.95 bits per heavy atom. The lowest BCUT2D eigenvalue weighted by atomic mass is 10.3. The Morgan fingerprint density at radius 2 is 2.21 bits per heavy atom. The highest BCUT2D eigenvalue weighted by atomic mass is 79.9. The zero-order valence-electron chi connectivity index (χ0n) is 10.2. The molecular formula is C14H11BrClN2S+. The van der Waals surface area contributed by atoms with Crippen LogP contribution in [0.5, 0.6) is 0 Å². The molecule has 3 aromatic rings. The maximum atomic E-state index is 6.18. The van der Waals surface area contributed by atoms with Gasteiger partial charge in [0.15, 0.2) is 12.4 Å². The molecule has 0 atom stereocenters. The van der Waals surface area contributed by atoms with Gasteiger partial charge in [-0.2, -0.15) is 0 Å². The molecule has 0 N–H and O–H groups in total. The van der Waals surface area contributed by atoms with E-state index in [1.807, 2.05) is 18.2 Å². The van der Waals surface area contributed by atoms with Crippen LogP contribution in [-0.4, -0.2) is 4.98 Å². The average molecular weight is 355 g/mol. The van der Waals surface area contributed by atoms with Gasteiger partial charge in [-0.15, -0.1) is 11.3 Å². The second-order valence-electron chi connectivity index (χ2n) is 4.18. The molecule has 0 unspecified atom stereocenters. The van der Waals surface area contributed by atoms with Gasteiger partial charge in [-0.05, 0) is 41.1 Å². The highest BCUT2D eigenvalue weighted by Crippen LogP contribution is 2.33. The third-order valence-electron chi connectivity index (χ3n) is 2.87. The summed E-state index contributed by atoms with van der Waals surface area (Å²) in [6, 6.07) is 7.96. The molecule has 2 aromatic heterocycles. The zero-order valence-corrected chi connectivity index (χ0v) is 13.4. The molecule has 2 nitrogen and oxygen atoms in total. The molecule has 96 valence electrons. The first kappa shape index (κ1) is 13.0. The summed E-state index contributed by atoms with van der Waals surface area (Å²) in [5, 5.41) is 1.70. The Bertz CT molecular complexity index is 754. The minimum Gasteiger partial charge on any atom is -0.234 e. The molecular weight excluding hydrogens is 344 g/mol. The normalized spacial score (nSPS) is 11.1. The highest BCUT2D eigenvalue weighted by molar-refractivity contribution is 9.10. The van der Waals surface area contributed by atoms with E-state index in [-0.39, 0.29) is 0 Å². The molecule has 0 aliphatic rings. The van der Waals surface area contributed by atoms with Crippen LogP contribution >= 0.6 is 38.9 Å². The van der Waals surface area contributed by atoms with Crippen molar-refractivity contribution < 1.29 is 4.57 Å². The number of aromatic nitrogens is 2. The zero-order chi connectivity index (χ0) is 13.4. The van der Waals surface area contributed by atoms with Crippen LogP contribution in [0.3, 0.4) is 0 Å². The number of hydrogen-bond acceptors (Lipinski definition) is 2. The molecule has 1 aromatic carbocycles. The smallest absolute Gasteiger partial charge is 0.183 e. The van der Waals surface area contributed by atoms with E-state index >= 15 is 0 Å². The number of halogens is 2. The third kappa shape index (κ3) is 2.53. The molecule has 0 fully saturated rings. The number of pyridine rings is 1. The van der Waals surface area contributed by atoms with E-state index in [1.165, 1.54) is 0 Å². The van der Waals surface area contributed by atoms with Gasteiger partial charge >= 0.3 is 0 Å². The topological polar surface area (TPSA) is 16.8 Å². The number of fused-ring (bicyclic) bond motifs is 1. The Hall–Kier alpha value is -0.970. The Morgan fingerprint density at radius 1 is 1.37 bits per heavy atom. The van der Waals surface area contributed by atoms with Crippen molar-refractivity contribution in [2.24, 2.45) is 0 Å². The third-order valence-corrected chi connectivity index (χ3v) is 4.68. The van der Waals surface area contributed by atoms with Crippen LogP contribution < -0.4 is 4.57 Å².